The molecule has 112 valence electrons. The predicted molar refractivity (Wildman–Crippen MR) is 72.7 cm³/mol. The van der Waals surface area contributed by atoms with Crippen molar-refractivity contribution in [3.63, 3.8) is 0 Å². The number of halogens is 2. The average Bonchev–Trinajstić information content (AvgIpc) is 2.47. The lowest BCUT2D eigenvalue weighted by Crippen LogP contribution is -2.30. The molecule has 0 spiro atoms. The lowest BCUT2D eigenvalue weighted by molar-refractivity contribution is -0.0659. The molecule has 0 saturated carbocycles. The maximum atomic E-state index is 13.0. The van der Waals surface area contributed by atoms with Gasteiger partial charge in [-0.1, -0.05) is 11.6 Å². The van der Waals surface area contributed by atoms with Crippen LogP contribution in [-0.4, -0.2) is 43.7 Å². The monoisotopic (exact) mass is 304 g/mol. The molecule has 6 heteroatoms. The Kier molecular flexibility index (Phi) is 6.04. The molecule has 20 heavy (non-hydrogen) atoms. The summed E-state index contributed by atoms with van der Waals surface area (Å²) in [5.74, 6) is -0.0797. The zero-order valence-electron chi connectivity index (χ0n) is 11.1. The van der Waals surface area contributed by atoms with E-state index in [0.717, 1.165) is 12.8 Å². The van der Waals surface area contributed by atoms with Gasteiger partial charge in [0, 0.05) is 19.3 Å². The summed E-state index contributed by atoms with van der Waals surface area (Å²) in [5, 5.41) is 9.77. The molecule has 1 aromatic rings. The van der Waals surface area contributed by atoms with E-state index in [2.05, 4.69) is 0 Å². The van der Waals surface area contributed by atoms with Crippen LogP contribution in [0.3, 0.4) is 0 Å². The minimum atomic E-state index is -0.735. The zero-order valence-corrected chi connectivity index (χ0v) is 11.8. The first-order valence-electron chi connectivity index (χ1n) is 6.60. The molecule has 1 aliphatic rings. The van der Waals surface area contributed by atoms with Crippen molar-refractivity contribution in [3.05, 3.63) is 29.0 Å². The van der Waals surface area contributed by atoms with Gasteiger partial charge in [0.25, 0.3) is 0 Å². The molecule has 1 atom stereocenters. The summed E-state index contributed by atoms with van der Waals surface area (Å²) in [7, 11) is 0. The van der Waals surface area contributed by atoms with E-state index in [1.54, 1.807) is 0 Å². The van der Waals surface area contributed by atoms with Crippen molar-refractivity contribution in [2.75, 3.05) is 26.4 Å². The molecule has 0 radical (unpaired) electrons. The van der Waals surface area contributed by atoms with Crippen LogP contribution in [0.1, 0.15) is 12.8 Å². The fourth-order valence-electron chi connectivity index (χ4n) is 1.90. The minimum Gasteiger partial charge on any atom is -0.491 e. The van der Waals surface area contributed by atoms with Gasteiger partial charge in [-0.15, -0.1) is 0 Å². The predicted octanol–water partition coefficient (Wildman–Crippen LogP) is 2.41. The molecule has 0 aromatic heterocycles. The van der Waals surface area contributed by atoms with Gasteiger partial charge in [-0.05, 0) is 25.0 Å². The zero-order chi connectivity index (χ0) is 14.4. The average molecular weight is 305 g/mol. The first-order valence-corrected chi connectivity index (χ1v) is 6.98. The van der Waals surface area contributed by atoms with Gasteiger partial charge in [0.15, 0.2) is 0 Å². The highest BCUT2D eigenvalue weighted by Gasteiger charge is 2.16. The maximum Gasteiger partial charge on any atom is 0.142 e. The Bertz CT molecular complexity index is 424. The molecule has 0 amide bonds. The van der Waals surface area contributed by atoms with E-state index in [1.807, 2.05) is 0 Å². The van der Waals surface area contributed by atoms with Gasteiger partial charge < -0.3 is 19.3 Å². The lowest BCUT2D eigenvalue weighted by atomic mass is 10.1. The molecule has 1 unspecified atom stereocenters. The van der Waals surface area contributed by atoms with E-state index in [0.29, 0.717) is 19.0 Å². The summed E-state index contributed by atoms with van der Waals surface area (Å²) in [6, 6.07) is 4.07. The Morgan fingerprint density at radius 2 is 2.10 bits per heavy atom. The topological polar surface area (TPSA) is 47.9 Å². The fraction of sp³-hybridized carbons (Fsp3) is 0.571. The summed E-state index contributed by atoms with van der Waals surface area (Å²) in [6.07, 6.45) is 1.10. The van der Waals surface area contributed by atoms with Gasteiger partial charge in [-0.25, -0.2) is 4.39 Å². The van der Waals surface area contributed by atoms with Gasteiger partial charge in [0.1, 0.15) is 24.3 Å². The van der Waals surface area contributed by atoms with Gasteiger partial charge in [-0.2, -0.15) is 0 Å². The van der Waals surface area contributed by atoms with Crippen LogP contribution in [0, 0.1) is 5.82 Å². The summed E-state index contributed by atoms with van der Waals surface area (Å²) in [6.45, 7) is 1.68. The number of hydrogen-bond donors (Lipinski definition) is 1. The second-order valence-electron chi connectivity index (χ2n) is 4.69. The van der Waals surface area contributed by atoms with Crippen LogP contribution >= 0.6 is 11.6 Å². The molecular formula is C14H18ClFO4. The minimum absolute atomic E-state index is 0.00422. The van der Waals surface area contributed by atoms with Crippen LogP contribution in [0.4, 0.5) is 4.39 Å². The molecule has 1 aromatic carbocycles. The van der Waals surface area contributed by atoms with E-state index in [1.165, 1.54) is 18.2 Å². The number of hydrogen-bond acceptors (Lipinski definition) is 4. The number of rotatable bonds is 6. The van der Waals surface area contributed by atoms with Gasteiger partial charge in [0.05, 0.1) is 17.7 Å². The molecule has 2 rings (SSSR count). The largest absolute Gasteiger partial charge is 0.491 e. The molecule has 1 fully saturated rings. The Labute approximate surface area is 122 Å². The standard InChI is InChI=1S/C14H18ClFO4/c15-13-7-12(1-2-14(13)16)20-9-10(17)8-19-11-3-5-18-6-4-11/h1-2,7,10-11,17H,3-6,8-9H2. The van der Waals surface area contributed by atoms with Crippen LogP contribution in [0.25, 0.3) is 0 Å². The van der Waals surface area contributed by atoms with E-state index in [-0.39, 0.29) is 24.3 Å². The normalized spacial score (nSPS) is 17.9. The van der Waals surface area contributed by atoms with Crippen molar-refractivity contribution in [2.24, 2.45) is 0 Å². The third-order valence-electron chi connectivity index (χ3n) is 3.03. The number of benzene rings is 1. The quantitative estimate of drug-likeness (QED) is 0.877. The Balaban J connectivity index is 1.68. The first kappa shape index (κ1) is 15.5. The number of aliphatic hydroxyl groups excluding tert-OH is 1. The Morgan fingerprint density at radius 3 is 2.80 bits per heavy atom. The Morgan fingerprint density at radius 1 is 1.35 bits per heavy atom. The van der Waals surface area contributed by atoms with Crippen molar-refractivity contribution >= 4 is 11.6 Å². The number of aliphatic hydroxyl groups is 1. The summed E-state index contributed by atoms with van der Waals surface area (Å²) in [5.41, 5.74) is 0. The summed E-state index contributed by atoms with van der Waals surface area (Å²) >= 11 is 5.64. The van der Waals surface area contributed by atoms with E-state index >= 15 is 0 Å². The first-order chi connectivity index (χ1) is 9.65. The smallest absolute Gasteiger partial charge is 0.142 e. The number of ether oxygens (including phenoxy) is 3. The van der Waals surface area contributed by atoms with Crippen LogP contribution in [0.5, 0.6) is 5.75 Å². The maximum absolute atomic E-state index is 13.0. The second kappa shape index (κ2) is 7.78. The highest BCUT2D eigenvalue weighted by Crippen LogP contribution is 2.21. The highest BCUT2D eigenvalue weighted by atomic mass is 35.5. The molecule has 0 bridgehead atoms. The third kappa shape index (κ3) is 4.90. The van der Waals surface area contributed by atoms with E-state index in [4.69, 9.17) is 25.8 Å². The molecule has 1 aliphatic heterocycles. The van der Waals surface area contributed by atoms with Crippen LogP contribution in [0.15, 0.2) is 18.2 Å². The van der Waals surface area contributed by atoms with E-state index in [9.17, 15) is 9.50 Å². The third-order valence-corrected chi connectivity index (χ3v) is 3.32. The molecular weight excluding hydrogens is 287 g/mol. The van der Waals surface area contributed by atoms with Crippen molar-refractivity contribution in [2.45, 2.75) is 25.0 Å². The van der Waals surface area contributed by atoms with Crippen molar-refractivity contribution in [3.8, 4) is 5.75 Å². The van der Waals surface area contributed by atoms with Crippen molar-refractivity contribution in [1.29, 1.82) is 0 Å². The SMILES string of the molecule is OC(COc1ccc(F)c(Cl)c1)COC1CCOCC1. The summed E-state index contributed by atoms with van der Waals surface area (Å²) in [4.78, 5) is 0. The van der Waals surface area contributed by atoms with Crippen LogP contribution in [-0.2, 0) is 9.47 Å². The molecule has 0 aliphatic carbocycles. The summed E-state index contributed by atoms with van der Waals surface area (Å²) < 4.78 is 29.1. The van der Waals surface area contributed by atoms with Gasteiger partial charge >= 0.3 is 0 Å². The molecule has 1 heterocycles. The lowest BCUT2D eigenvalue weighted by Gasteiger charge is -2.23. The highest BCUT2D eigenvalue weighted by molar-refractivity contribution is 6.30. The van der Waals surface area contributed by atoms with Crippen molar-refractivity contribution < 1.29 is 23.7 Å². The van der Waals surface area contributed by atoms with Gasteiger partial charge in [0.2, 0.25) is 0 Å². The fourth-order valence-corrected chi connectivity index (χ4v) is 2.07. The van der Waals surface area contributed by atoms with Gasteiger partial charge in [-0.3, -0.25) is 0 Å². The molecule has 4 nitrogen and oxygen atoms in total. The van der Waals surface area contributed by atoms with Crippen LogP contribution < -0.4 is 4.74 Å². The van der Waals surface area contributed by atoms with Crippen molar-refractivity contribution in [1.82, 2.24) is 0 Å². The molecule has 1 saturated heterocycles. The van der Waals surface area contributed by atoms with E-state index < -0.39 is 11.9 Å². The Hall–Kier alpha value is -0.880. The molecule has 1 N–H and O–H groups in total. The second-order valence-corrected chi connectivity index (χ2v) is 5.09. The van der Waals surface area contributed by atoms with Crippen LogP contribution in [0.2, 0.25) is 5.02 Å².